The molecule has 1 aromatic heterocycles. The summed E-state index contributed by atoms with van der Waals surface area (Å²) in [6.45, 7) is 4.54. The van der Waals surface area contributed by atoms with Gasteiger partial charge in [-0.05, 0) is 73.1 Å². The van der Waals surface area contributed by atoms with Crippen LogP contribution in [0.4, 0.5) is 17.6 Å². The van der Waals surface area contributed by atoms with E-state index in [-0.39, 0.29) is 5.41 Å². The molecule has 6 nitrogen and oxygen atoms in total. The first kappa shape index (κ1) is 25.4. The lowest BCUT2D eigenvalue weighted by Crippen LogP contribution is -2.41. The summed E-state index contributed by atoms with van der Waals surface area (Å²) in [5.74, 6) is 2.47. The Labute approximate surface area is 235 Å². The number of aromatic nitrogens is 2. The van der Waals surface area contributed by atoms with Gasteiger partial charge < -0.3 is 20.4 Å². The molecule has 8 heteroatoms. The molecule has 3 heterocycles. The number of piperidine rings is 1. The topological polar surface area (TPSA) is 56.3 Å². The van der Waals surface area contributed by atoms with Crippen LogP contribution in [0.15, 0.2) is 54.6 Å². The molecule has 1 saturated heterocycles. The third-order valence-corrected chi connectivity index (χ3v) is 8.84. The van der Waals surface area contributed by atoms with Crippen LogP contribution in [-0.4, -0.2) is 34.7 Å². The Morgan fingerprint density at radius 2 is 1.53 bits per heavy atom. The second-order valence-electron chi connectivity index (χ2n) is 10.9. The van der Waals surface area contributed by atoms with E-state index in [1.54, 1.807) is 0 Å². The van der Waals surface area contributed by atoms with Gasteiger partial charge in [0.25, 0.3) is 0 Å². The van der Waals surface area contributed by atoms with Gasteiger partial charge >= 0.3 is 0 Å². The lowest BCUT2D eigenvalue weighted by atomic mass is 9.79. The zero-order valence-corrected chi connectivity index (χ0v) is 23.3. The van der Waals surface area contributed by atoms with Gasteiger partial charge in [-0.3, -0.25) is 0 Å². The maximum atomic E-state index is 6.35. The van der Waals surface area contributed by atoms with Crippen molar-refractivity contribution < 1.29 is 0 Å². The first-order chi connectivity index (χ1) is 18.6. The molecule has 2 fully saturated rings. The molecule has 0 unspecified atom stereocenters. The van der Waals surface area contributed by atoms with Crippen molar-refractivity contribution in [3.05, 3.63) is 76.3 Å². The largest absolute Gasteiger partial charge is 0.361 e. The predicted octanol–water partition coefficient (Wildman–Crippen LogP) is 6.44. The molecule has 1 saturated carbocycles. The number of hydrogen-bond donors (Lipinski definition) is 2. The van der Waals surface area contributed by atoms with E-state index in [2.05, 4.69) is 62.9 Å². The van der Waals surface area contributed by atoms with Crippen LogP contribution in [-0.2, 0) is 18.5 Å². The summed E-state index contributed by atoms with van der Waals surface area (Å²) >= 11 is 12.1. The van der Waals surface area contributed by atoms with E-state index in [4.69, 9.17) is 33.8 Å². The summed E-state index contributed by atoms with van der Waals surface area (Å²) in [4.78, 5) is 14.6. The normalized spacial score (nSPS) is 18.3. The predicted molar refractivity (Wildman–Crippen MR) is 160 cm³/mol. The molecular formula is C30H35ClN6S. The van der Waals surface area contributed by atoms with Crippen LogP contribution in [0.1, 0.15) is 61.6 Å². The SMILES string of the molecule is S=C(NCC1(c2cccc(Cl)c2)CCCC1)Nc1nc(N2CCCCC2)cc(N2Cc3ccccc3C2)n1. The highest BCUT2D eigenvalue weighted by molar-refractivity contribution is 7.80. The molecule has 38 heavy (non-hydrogen) atoms. The molecule has 2 aromatic carbocycles. The molecule has 2 aliphatic heterocycles. The maximum absolute atomic E-state index is 6.35. The smallest absolute Gasteiger partial charge is 0.232 e. The van der Waals surface area contributed by atoms with Gasteiger partial charge in [-0.25, -0.2) is 0 Å². The van der Waals surface area contributed by atoms with Crippen LogP contribution in [0.25, 0.3) is 0 Å². The lowest BCUT2D eigenvalue weighted by molar-refractivity contribution is 0.435. The summed E-state index contributed by atoms with van der Waals surface area (Å²) in [5, 5.41) is 8.18. The maximum Gasteiger partial charge on any atom is 0.232 e. The van der Waals surface area contributed by atoms with Crippen molar-refractivity contribution in [3.8, 4) is 0 Å². The lowest BCUT2D eigenvalue weighted by Gasteiger charge is -2.31. The molecule has 0 amide bonds. The van der Waals surface area contributed by atoms with Crippen LogP contribution in [0.5, 0.6) is 0 Å². The van der Waals surface area contributed by atoms with Gasteiger partial charge in [-0.1, -0.05) is 60.8 Å². The number of rotatable bonds is 6. The van der Waals surface area contributed by atoms with E-state index in [0.717, 1.165) is 62.2 Å². The van der Waals surface area contributed by atoms with E-state index in [1.165, 1.54) is 48.8 Å². The Hall–Kier alpha value is -2.90. The summed E-state index contributed by atoms with van der Waals surface area (Å²) in [5.41, 5.74) is 4.05. The van der Waals surface area contributed by atoms with E-state index in [9.17, 15) is 0 Å². The fourth-order valence-electron chi connectivity index (χ4n) is 6.25. The van der Waals surface area contributed by atoms with Crippen LogP contribution in [0, 0.1) is 0 Å². The number of anilines is 3. The number of benzene rings is 2. The van der Waals surface area contributed by atoms with Gasteiger partial charge in [0, 0.05) is 49.2 Å². The zero-order valence-electron chi connectivity index (χ0n) is 21.8. The third-order valence-electron chi connectivity index (χ3n) is 8.35. The van der Waals surface area contributed by atoms with E-state index in [0.29, 0.717) is 11.1 Å². The van der Waals surface area contributed by atoms with E-state index >= 15 is 0 Å². The number of nitrogens with one attached hydrogen (secondary N) is 2. The Bertz CT molecular complexity index is 1280. The Morgan fingerprint density at radius 1 is 0.842 bits per heavy atom. The van der Waals surface area contributed by atoms with Gasteiger partial charge in [0.2, 0.25) is 5.95 Å². The van der Waals surface area contributed by atoms with Crippen LogP contribution in [0.3, 0.4) is 0 Å². The van der Waals surface area contributed by atoms with Crippen molar-refractivity contribution in [2.24, 2.45) is 0 Å². The van der Waals surface area contributed by atoms with Crippen molar-refractivity contribution in [3.63, 3.8) is 0 Å². The second-order valence-corrected chi connectivity index (χ2v) is 11.7. The van der Waals surface area contributed by atoms with E-state index in [1.807, 2.05) is 12.1 Å². The first-order valence-corrected chi connectivity index (χ1v) is 14.6. The Morgan fingerprint density at radius 3 is 2.21 bits per heavy atom. The number of nitrogens with zero attached hydrogens (tertiary/aromatic N) is 4. The third kappa shape index (κ3) is 5.45. The minimum absolute atomic E-state index is 0.0413. The summed E-state index contributed by atoms with van der Waals surface area (Å²) in [7, 11) is 0. The minimum atomic E-state index is 0.0413. The molecule has 6 rings (SSSR count). The molecule has 1 aliphatic carbocycles. The Kier molecular flexibility index (Phi) is 7.39. The zero-order chi connectivity index (χ0) is 26.0. The highest BCUT2D eigenvalue weighted by Crippen LogP contribution is 2.41. The summed E-state index contributed by atoms with van der Waals surface area (Å²) < 4.78 is 0. The Balaban J connectivity index is 1.20. The van der Waals surface area contributed by atoms with Gasteiger partial charge in [0.15, 0.2) is 5.11 Å². The summed E-state index contributed by atoms with van der Waals surface area (Å²) in [6, 6.07) is 19.1. The van der Waals surface area contributed by atoms with E-state index < -0.39 is 0 Å². The molecular weight excluding hydrogens is 512 g/mol. The van der Waals surface area contributed by atoms with Gasteiger partial charge in [-0.15, -0.1) is 0 Å². The van der Waals surface area contributed by atoms with Crippen LogP contribution in [0.2, 0.25) is 5.02 Å². The molecule has 3 aliphatic rings. The number of thiocarbonyl (C=S) groups is 1. The number of halogens is 1. The average molecular weight is 547 g/mol. The van der Waals surface area contributed by atoms with Crippen molar-refractivity contribution in [2.75, 3.05) is 34.8 Å². The highest BCUT2D eigenvalue weighted by Gasteiger charge is 2.36. The molecule has 3 aromatic rings. The molecule has 0 radical (unpaired) electrons. The minimum Gasteiger partial charge on any atom is -0.361 e. The molecule has 0 spiro atoms. The number of fused-ring (bicyclic) bond motifs is 1. The van der Waals surface area contributed by atoms with Gasteiger partial charge in [-0.2, -0.15) is 9.97 Å². The second kappa shape index (κ2) is 11.1. The average Bonchev–Trinajstić information content (AvgIpc) is 3.61. The van der Waals surface area contributed by atoms with Crippen LogP contribution >= 0.6 is 23.8 Å². The fraction of sp³-hybridized carbons (Fsp3) is 0.433. The van der Waals surface area contributed by atoms with Gasteiger partial charge in [0.05, 0.1) is 0 Å². The quantitative estimate of drug-likeness (QED) is 0.345. The van der Waals surface area contributed by atoms with Crippen molar-refractivity contribution in [2.45, 2.75) is 63.5 Å². The fourth-order valence-corrected chi connectivity index (χ4v) is 6.61. The van der Waals surface area contributed by atoms with Crippen molar-refractivity contribution in [1.82, 2.24) is 15.3 Å². The van der Waals surface area contributed by atoms with Crippen molar-refractivity contribution in [1.29, 1.82) is 0 Å². The first-order valence-electron chi connectivity index (χ1n) is 13.8. The monoisotopic (exact) mass is 546 g/mol. The molecule has 198 valence electrons. The highest BCUT2D eigenvalue weighted by atomic mass is 35.5. The molecule has 2 N–H and O–H groups in total. The molecule has 0 atom stereocenters. The molecule has 0 bridgehead atoms. The van der Waals surface area contributed by atoms with Crippen molar-refractivity contribution >= 4 is 46.5 Å². The van der Waals surface area contributed by atoms with Gasteiger partial charge in [0.1, 0.15) is 11.6 Å². The van der Waals surface area contributed by atoms with Crippen LogP contribution < -0.4 is 20.4 Å². The standard InChI is InChI=1S/C30H35ClN6S/c31-25-12-8-11-24(17-25)30(13-4-5-14-30)21-32-29(38)35-28-33-26(36-15-6-1-7-16-36)18-27(34-28)37-19-22-9-2-3-10-23(22)20-37/h2-3,8-12,17-18H,1,4-7,13-16,19-21H2,(H2,32,33,34,35,38). The summed E-state index contributed by atoms with van der Waals surface area (Å²) in [6.07, 6.45) is 8.37. The number of hydrogen-bond acceptors (Lipinski definition) is 5.